The first-order valence-corrected chi connectivity index (χ1v) is 5.87. The lowest BCUT2D eigenvalue weighted by Crippen LogP contribution is -2.15. The number of amidine groups is 1. The summed E-state index contributed by atoms with van der Waals surface area (Å²) >= 11 is 5.86. The highest BCUT2D eigenvalue weighted by Gasteiger charge is 2.07. The van der Waals surface area contributed by atoms with E-state index in [-0.39, 0.29) is 5.84 Å². The van der Waals surface area contributed by atoms with Crippen LogP contribution in [0.5, 0.6) is 5.75 Å². The molecule has 0 saturated carbocycles. The summed E-state index contributed by atoms with van der Waals surface area (Å²) in [6.07, 6.45) is 0.982. The molecule has 0 amide bonds. The van der Waals surface area contributed by atoms with Gasteiger partial charge in [0.15, 0.2) is 0 Å². The Hall–Kier alpha value is -1.26. The third-order valence-electron chi connectivity index (χ3n) is 2.07. The van der Waals surface area contributed by atoms with Crippen molar-refractivity contribution in [3.63, 3.8) is 0 Å². The van der Waals surface area contributed by atoms with Crippen LogP contribution in [-0.2, 0) is 4.74 Å². The van der Waals surface area contributed by atoms with Crippen LogP contribution in [0.4, 0.5) is 0 Å². The maximum atomic E-state index is 7.42. The molecule has 1 rings (SSSR count). The molecule has 0 aliphatic heterocycles. The Labute approximate surface area is 106 Å². The second-order valence-corrected chi connectivity index (χ2v) is 3.95. The quantitative estimate of drug-likeness (QED) is 0.447. The van der Waals surface area contributed by atoms with Gasteiger partial charge in [-0.1, -0.05) is 18.5 Å². The van der Waals surface area contributed by atoms with Gasteiger partial charge in [0.05, 0.1) is 12.2 Å². The Bertz CT molecular complexity index is 383. The van der Waals surface area contributed by atoms with Gasteiger partial charge in [0.1, 0.15) is 18.2 Å². The predicted molar refractivity (Wildman–Crippen MR) is 69.1 cm³/mol. The van der Waals surface area contributed by atoms with E-state index in [9.17, 15) is 0 Å². The monoisotopic (exact) mass is 256 g/mol. The Balaban J connectivity index is 2.56. The van der Waals surface area contributed by atoms with E-state index < -0.39 is 0 Å². The van der Waals surface area contributed by atoms with E-state index >= 15 is 0 Å². The molecule has 17 heavy (non-hydrogen) atoms. The van der Waals surface area contributed by atoms with Crippen LogP contribution in [0.25, 0.3) is 0 Å². The third-order valence-corrected chi connectivity index (χ3v) is 2.30. The normalized spacial score (nSPS) is 10.2. The second-order valence-electron chi connectivity index (χ2n) is 3.51. The average Bonchev–Trinajstić information content (AvgIpc) is 2.28. The van der Waals surface area contributed by atoms with Crippen LogP contribution in [0.3, 0.4) is 0 Å². The molecule has 0 heterocycles. The highest BCUT2D eigenvalue weighted by Crippen LogP contribution is 2.22. The first-order valence-electron chi connectivity index (χ1n) is 5.49. The van der Waals surface area contributed by atoms with Crippen LogP contribution in [0, 0.1) is 5.41 Å². The largest absolute Gasteiger partial charge is 0.490 e. The third kappa shape index (κ3) is 4.63. The fourth-order valence-electron chi connectivity index (χ4n) is 1.30. The van der Waals surface area contributed by atoms with Gasteiger partial charge >= 0.3 is 0 Å². The number of ether oxygens (including phenoxy) is 2. The van der Waals surface area contributed by atoms with Crippen molar-refractivity contribution in [2.45, 2.75) is 13.3 Å². The molecule has 0 fully saturated rings. The van der Waals surface area contributed by atoms with Gasteiger partial charge in [0.2, 0.25) is 0 Å². The summed E-state index contributed by atoms with van der Waals surface area (Å²) in [5.74, 6) is 0.483. The van der Waals surface area contributed by atoms with E-state index in [2.05, 4.69) is 0 Å². The predicted octanol–water partition coefficient (Wildman–Crippen LogP) is 2.43. The number of rotatable bonds is 7. The minimum absolute atomic E-state index is 0.0360. The number of nitrogens with one attached hydrogen (secondary N) is 1. The topological polar surface area (TPSA) is 68.3 Å². The molecule has 0 saturated heterocycles. The highest BCUT2D eigenvalue weighted by atomic mass is 35.5. The molecule has 4 nitrogen and oxygen atoms in total. The average molecular weight is 257 g/mol. The Kier molecular flexibility index (Phi) is 5.80. The lowest BCUT2D eigenvalue weighted by atomic mass is 10.2. The molecule has 0 atom stereocenters. The van der Waals surface area contributed by atoms with E-state index in [1.165, 1.54) is 0 Å². The number of hydrogen-bond acceptors (Lipinski definition) is 3. The van der Waals surface area contributed by atoms with Gasteiger partial charge in [-0.05, 0) is 24.6 Å². The van der Waals surface area contributed by atoms with Gasteiger partial charge in [-0.25, -0.2) is 0 Å². The zero-order valence-electron chi connectivity index (χ0n) is 9.83. The summed E-state index contributed by atoms with van der Waals surface area (Å²) in [5, 5.41) is 7.97. The van der Waals surface area contributed by atoms with Gasteiger partial charge in [-0.3, -0.25) is 5.41 Å². The van der Waals surface area contributed by atoms with E-state index in [1.54, 1.807) is 18.2 Å². The van der Waals surface area contributed by atoms with Gasteiger partial charge in [-0.15, -0.1) is 0 Å². The van der Waals surface area contributed by atoms with Crippen LogP contribution in [0.15, 0.2) is 18.2 Å². The molecule has 1 aromatic rings. The summed E-state index contributed by atoms with van der Waals surface area (Å²) in [6.45, 7) is 3.70. The maximum Gasteiger partial charge on any atom is 0.131 e. The zero-order chi connectivity index (χ0) is 12.7. The van der Waals surface area contributed by atoms with Crippen LogP contribution < -0.4 is 10.5 Å². The smallest absolute Gasteiger partial charge is 0.131 e. The first-order chi connectivity index (χ1) is 8.15. The summed E-state index contributed by atoms with van der Waals surface area (Å²) in [4.78, 5) is 0. The number of hydrogen-bond donors (Lipinski definition) is 2. The molecule has 94 valence electrons. The van der Waals surface area contributed by atoms with Crippen molar-refractivity contribution < 1.29 is 9.47 Å². The van der Waals surface area contributed by atoms with Crippen molar-refractivity contribution in [2.75, 3.05) is 19.8 Å². The Morgan fingerprint density at radius 1 is 1.35 bits per heavy atom. The van der Waals surface area contributed by atoms with Crippen LogP contribution in [0.1, 0.15) is 18.9 Å². The SMILES string of the molecule is CCCOCCOc1cc(Cl)ccc1C(=N)N. The standard InChI is InChI=1S/C12H17ClN2O2/c1-2-5-16-6-7-17-11-8-9(13)3-4-10(11)12(14)15/h3-4,8H,2,5-7H2,1H3,(H3,14,15). The summed E-state index contributed by atoms with van der Waals surface area (Å²) in [6, 6.07) is 5.00. The molecule has 0 aliphatic carbocycles. The number of nitrogen functional groups attached to an aromatic ring is 1. The van der Waals surface area contributed by atoms with Crippen LogP contribution in [-0.4, -0.2) is 25.7 Å². The molecular weight excluding hydrogens is 240 g/mol. The van der Waals surface area contributed by atoms with E-state index in [0.29, 0.717) is 29.5 Å². The van der Waals surface area contributed by atoms with Gasteiger partial charge < -0.3 is 15.2 Å². The Morgan fingerprint density at radius 3 is 2.76 bits per heavy atom. The van der Waals surface area contributed by atoms with E-state index in [4.69, 9.17) is 32.2 Å². The molecule has 0 bridgehead atoms. The van der Waals surface area contributed by atoms with Crippen LogP contribution in [0.2, 0.25) is 5.02 Å². The molecule has 0 spiro atoms. The number of nitrogens with two attached hydrogens (primary N) is 1. The summed E-state index contributed by atoms with van der Waals surface area (Å²) in [7, 11) is 0. The lowest BCUT2D eigenvalue weighted by Gasteiger charge is -2.11. The first kappa shape index (κ1) is 13.8. The van der Waals surface area contributed by atoms with Crippen molar-refractivity contribution >= 4 is 17.4 Å². The zero-order valence-corrected chi connectivity index (χ0v) is 10.6. The molecule has 0 aliphatic rings. The van der Waals surface area contributed by atoms with Crippen molar-refractivity contribution in [1.82, 2.24) is 0 Å². The summed E-state index contributed by atoms with van der Waals surface area (Å²) < 4.78 is 10.8. The Morgan fingerprint density at radius 2 is 2.12 bits per heavy atom. The van der Waals surface area contributed by atoms with E-state index in [0.717, 1.165) is 13.0 Å². The fraction of sp³-hybridized carbons (Fsp3) is 0.417. The molecule has 1 aromatic carbocycles. The molecular formula is C12H17ClN2O2. The fourth-order valence-corrected chi connectivity index (χ4v) is 1.46. The summed E-state index contributed by atoms with van der Waals surface area (Å²) in [5.41, 5.74) is 5.99. The van der Waals surface area contributed by atoms with Gasteiger partial charge in [0, 0.05) is 11.6 Å². The van der Waals surface area contributed by atoms with Crippen molar-refractivity contribution in [3.05, 3.63) is 28.8 Å². The minimum atomic E-state index is -0.0360. The van der Waals surface area contributed by atoms with Gasteiger partial charge in [-0.2, -0.15) is 0 Å². The molecule has 3 N–H and O–H groups in total. The highest BCUT2D eigenvalue weighted by molar-refractivity contribution is 6.30. The minimum Gasteiger partial charge on any atom is -0.490 e. The van der Waals surface area contributed by atoms with Crippen molar-refractivity contribution in [1.29, 1.82) is 5.41 Å². The van der Waals surface area contributed by atoms with Crippen molar-refractivity contribution in [3.8, 4) is 5.75 Å². The molecule has 0 radical (unpaired) electrons. The second kappa shape index (κ2) is 7.14. The maximum absolute atomic E-state index is 7.42. The van der Waals surface area contributed by atoms with Gasteiger partial charge in [0.25, 0.3) is 0 Å². The molecule has 5 heteroatoms. The van der Waals surface area contributed by atoms with Crippen molar-refractivity contribution in [2.24, 2.45) is 5.73 Å². The van der Waals surface area contributed by atoms with Crippen LogP contribution >= 0.6 is 11.6 Å². The number of benzene rings is 1. The molecule has 0 aromatic heterocycles. The lowest BCUT2D eigenvalue weighted by molar-refractivity contribution is 0.101. The van der Waals surface area contributed by atoms with E-state index in [1.807, 2.05) is 6.92 Å². The number of halogens is 1. The molecule has 0 unspecified atom stereocenters.